The second-order valence-corrected chi connectivity index (χ2v) is 27.8. The fourth-order valence-corrected chi connectivity index (χ4v) is 11.1. The van der Waals surface area contributed by atoms with Gasteiger partial charge in [-0.2, -0.15) is 0 Å². The van der Waals surface area contributed by atoms with E-state index in [-0.39, 0.29) is 56.6 Å². The minimum Gasteiger partial charge on any atom is -0.453 e. The van der Waals surface area contributed by atoms with Crippen molar-refractivity contribution in [2.45, 2.75) is 244 Å². The number of alkyl carbamates (subject to hydrolysis) is 1. The third-order valence-electron chi connectivity index (χ3n) is 16.7. The highest BCUT2D eigenvalue weighted by Gasteiger charge is 2.44. The van der Waals surface area contributed by atoms with Crippen molar-refractivity contribution < 1.29 is 92.2 Å². The van der Waals surface area contributed by atoms with Gasteiger partial charge in [0.1, 0.15) is 60.0 Å². The van der Waals surface area contributed by atoms with Crippen LogP contribution in [0.25, 0.3) is 0 Å². The van der Waals surface area contributed by atoms with Gasteiger partial charge in [-0.1, -0.05) is 124 Å². The van der Waals surface area contributed by atoms with Crippen LogP contribution in [0.2, 0.25) is 0 Å². The number of esters is 1. The Balaban J connectivity index is 2.43. The highest BCUT2D eigenvalue weighted by molar-refractivity contribution is 6.00. The Kier molecular flexibility index (Phi) is 35.1. The minimum atomic E-state index is -2.60. The lowest BCUT2D eigenvalue weighted by Crippen LogP contribution is -2.64. The molecule has 21 N–H and O–H groups in total. The zero-order valence-electron chi connectivity index (χ0n) is 59.3. The molecule has 0 aromatic heterocycles. The number of primary amides is 1. The molecule has 0 unspecified atom stereocenters. The Labute approximate surface area is 583 Å². The molecule has 1 aliphatic carbocycles. The van der Waals surface area contributed by atoms with E-state index >= 15 is 14.4 Å². The number of carbonyl (C=O) groups is 13. The van der Waals surface area contributed by atoms with E-state index in [1.54, 1.807) is 62.3 Å². The number of aliphatic hydroxyl groups is 4. The monoisotopic (exact) mass is 1420 g/mol. The Morgan fingerprint density at radius 2 is 1.23 bits per heavy atom. The summed E-state index contributed by atoms with van der Waals surface area (Å²) in [7, 11) is 0. The molecule has 2 aliphatic rings. The molecule has 1 heterocycles. The summed E-state index contributed by atoms with van der Waals surface area (Å²) >= 11 is 0. The van der Waals surface area contributed by atoms with Crippen molar-refractivity contribution in [2.24, 2.45) is 41.1 Å². The van der Waals surface area contributed by atoms with Crippen LogP contribution in [0.15, 0.2) is 30.3 Å². The summed E-state index contributed by atoms with van der Waals surface area (Å²) in [5.41, 5.74) is 9.81. The van der Waals surface area contributed by atoms with Gasteiger partial charge >= 0.3 is 12.1 Å². The highest BCUT2D eigenvalue weighted by atomic mass is 16.6. The molecule has 1 aromatic rings. The lowest BCUT2D eigenvalue weighted by atomic mass is 9.84. The van der Waals surface area contributed by atoms with Crippen LogP contribution in [0.4, 0.5) is 4.79 Å². The van der Waals surface area contributed by atoms with Crippen molar-refractivity contribution in [3.63, 3.8) is 0 Å². The first kappa shape index (κ1) is 85.5. The van der Waals surface area contributed by atoms with Crippen LogP contribution < -0.4 is 75.3 Å². The second kappa shape index (κ2) is 41.1. The van der Waals surface area contributed by atoms with Crippen LogP contribution in [-0.2, 0) is 67.0 Å². The van der Waals surface area contributed by atoms with Crippen molar-refractivity contribution in [1.82, 2.24) is 63.8 Å². The third kappa shape index (κ3) is 28.5. The Bertz CT molecular complexity index is 2960. The SMILES string of the molecule is CC[C@H](C)[C@@H]1NC(=O)[C@@H](CCCNC(=N)N)NC(=O)[C@H](CC(C)C)NC(=O)[C@H]([C@H](O)C(C)C)NC(=O)[C@@H](NC(=O)[C@H](CC(C)C)NC(=O)[C@@H](CC2CCCCC2)NC(=O)OC(C)(C)C)[C@@H](c2ccccc2)OC(=O)[C@H](CO)NC(=O)[C@H]([C@H](O)C(N)=O)NC(=O)CNC(=O)[C@H]([C@H](C)O)NC1=O. The van der Waals surface area contributed by atoms with E-state index in [0.29, 0.717) is 0 Å². The Hall–Kier alpha value is -8.76. The normalized spacial score (nSPS) is 24.6. The first-order valence-corrected chi connectivity index (χ1v) is 34.1. The lowest BCUT2D eigenvalue weighted by Gasteiger charge is -2.34. The number of nitrogens with two attached hydrogens (primary N) is 2. The van der Waals surface area contributed by atoms with E-state index in [0.717, 1.165) is 39.0 Å². The largest absolute Gasteiger partial charge is 0.453 e. The van der Waals surface area contributed by atoms with E-state index < -0.39 is 210 Å². The van der Waals surface area contributed by atoms with E-state index in [2.05, 4.69) is 53.2 Å². The van der Waals surface area contributed by atoms with Gasteiger partial charge in [-0.25, -0.2) is 9.59 Å². The maximum Gasteiger partial charge on any atom is 0.408 e. The topological polar surface area (TPSA) is 542 Å². The van der Waals surface area contributed by atoms with Crippen molar-refractivity contribution in [2.75, 3.05) is 19.7 Å². The molecule has 562 valence electrons. The van der Waals surface area contributed by atoms with Gasteiger partial charge in [0, 0.05) is 6.54 Å². The number of cyclic esters (lactones) is 1. The van der Waals surface area contributed by atoms with Gasteiger partial charge in [-0.05, 0) is 95.0 Å². The van der Waals surface area contributed by atoms with Crippen molar-refractivity contribution >= 4 is 83.0 Å². The lowest BCUT2D eigenvalue weighted by molar-refractivity contribution is -0.159. The van der Waals surface area contributed by atoms with Crippen LogP contribution in [0.3, 0.4) is 0 Å². The standard InChI is InChI=1S/C66H109N15O19/c1-13-35(8)45-59(93)79-46(36(9)83)58(92)71-30-44(84)77-48(51(86)53(67)87)61(95)75-43(31-82)63(97)99-52(38-23-18-15-19-24-38)49(81-57(91)41(28-33(4)5)73-56(90)42(29-37-21-16-14-17-22-37)76-65(98)100-66(10,11)12)62(96)80-47(50(85)34(6)7)60(94)74-40(27-32(2)3)55(89)72-39(54(88)78-45)25-20-26-70-64(68)69/h15,18-19,23-24,32-37,39-43,45-52,82-83,85-86H,13-14,16-17,20-22,25-31H2,1-12H3,(H2,67,87)(H,71,92)(H,72,89)(H,73,90)(H,74,94)(H,75,95)(H,76,98)(H,77,84)(H,78,88)(H,79,93)(H,80,96)(H,81,91)(H4,68,69,70)/t35-,36-,39+,40-,41-,42+,43-,45-,46-,47-,48-,49-,50+,51-,52+/m0/s1. The Morgan fingerprint density at radius 3 is 1.78 bits per heavy atom. The molecule has 34 nitrogen and oxygen atoms in total. The number of hydrogen-bond donors (Lipinski definition) is 19. The zero-order chi connectivity index (χ0) is 75.5. The quantitative estimate of drug-likeness (QED) is 0.0216. The fraction of sp³-hybridized carbons (Fsp3) is 0.697. The van der Waals surface area contributed by atoms with Gasteiger partial charge in [0.05, 0.1) is 25.4 Å². The summed E-state index contributed by atoms with van der Waals surface area (Å²) in [5.74, 6) is -17.7. The van der Waals surface area contributed by atoms with E-state index in [9.17, 15) is 68.4 Å². The molecule has 15 atom stereocenters. The average molecular weight is 1420 g/mol. The molecule has 1 aromatic carbocycles. The summed E-state index contributed by atoms with van der Waals surface area (Å²) < 4.78 is 11.5. The molecule has 3 rings (SSSR count). The van der Waals surface area contributed by atoms with Gasteiger partial charge in [-0.3, -0.25) is 58.1 Å². The maximum atomic E-state index is 15.6. The van der Waals surface area contributed by atoms with Crippen LogP contribution >= 0.6 is 0 Å². The molecule has 2 fully saturated rings. The molecule has 34 heteroatoms. The van der Waals surface area contributed by atoms with Crippen molar-refractivity contribution in [1.29, 1.82) is 5.41 Å². The van der Waals surface area contributed by atoms with Gasteiger partial charge < -0.3 is 105 Å². The highest BCUT2D eigenvalue weighted by Crippen LogP contribution is 2.29. The van der Waals surface area contributed by atoms with E-state index in [1.165, 1.54) is 44.2 Å². The molecule has 1 saturated heterocycles. The summed E-state index contributed by atoms with van der Waals surface area (Å²) in [6.45, 7) is 16.6. The number of guanidine groups is 1. The molecule has 0 radical (unpaired) electrons. The molecule has 1 saturated carbocycles. The predicted molar refractivity (Wildman–Crippen MR) is 362 cm³/mol. The average Bonchev–Trinajstić information content (AvgIpc) is 0.831. The smallest absolute Gasteiger partial charge is 0.408 e. The van der Waals surface area contributed by atoms with Gasteiger partial charge in [0.25, 0.3) is 0 Å². The second-order valence-electron chi connectivity index (χ2n) is 27.8. The minimum absolute atomic E-state index is 0.00264. The summed E-state index contributed by atoms with van der Waals surface area (Å²) in [6.07, 6.45) is -5.08. The summed E-state index contributed by atoms with van der Waals surface area (Å²) in [4.78, 5) is 186. The van der Waals surface area contributed by atoms with Gasteiger partial charge in [-0.15, -0.1) is 0 Å². The van der Waals surface area contributed by atoms with Crippen LogP contribution in [-0.4, -0.2) is 207 Å². The maximum absolute atomic E-state index is 15.6. The number of aliphatic hydroxyl groups excluding tert-OH is 4. The van der Waals surface area contributed by atoms with Crippen molar-refractivity contribution in [3.05, 3.63) is 35.9 Å². The number of hydrogen-bond acceptors (Lipinski definition) is 20. The molecule has 100 heavy (non-hydrogen) atoms. The predicted octanol–water partition coefficient (Wildman–Crippen LogP) is -2.73. The number of nitrogens with one attached hydrogen (secondary N) is 13. The van der Waals surface area contributed by atoms with Crippen LogP contribution in [0.1, 0.15) is 165 Å². The third-order valence-corrected chi connectivity index (χ3v) is 16.7. The van der Waals surface area contributed by atoms with Gasteiger partial charge in [0.2, 0.25) is 65.0 Å². The molecule has 0 bridgehead atoms. The number of amides is 12. The van der Waals surface area contributed by atoms with E-state index in [1.807, 2.05) is 10.6 Å². The number of ether oxygens (including phenoxy) is 2. The zero-order valence-corrected chi connectivity index (χ0v) is 59.3. The number of carbonyl (C=O) groups excluding carboxylic acids is 13. The fourth-order valence-electron chi connectivity index (χ4n) is 11.1. The molecular weight excluding hydrogens is 1310 g/mol. The number of rotatable bonds is 24. The number of benzene rings is 1. The van der Waals surface area contributed by atoms with Gasteiger partial charge in [0.15, 0.2) is 24.2 Å². The van der Waals surface area contributed by atoms with Crippen molar-refractivity contribution in [3.8, 4) is 0 Å². The Morgan fingerprint density at radius 1 is 0.660 bits per heavy atom. The van der Waals surface area contributed by atoms with Crippen LogP contribution in [0, 0.1) is 35.0 Å². The molecule has 12 amide bonds. The molecular formula is C66H109N15O19. The summed E-state index contributed by atoms with van der Waals surface area (Å²) in [6, 6.07) is -11.3. The van der Waals surface area contributed by atoms with Crippen LogP contribution in [0.5, 0.6) is 0 Å². The molecule has 1 aliphatic heterocycles. The molecule has 0 spiro atoms. The first-order chi connectivity index (χ1) is 46.8. The summed E-state index contributed by atoms with van der Waals surface area (Å²) in [5, 5.41) is 81.6. The first-order valence-electron chi connectivity index (χ1n) is 34.1. The van der Waals surface area contributed by atoms with E-state index in [4.69, 9.17) is 26.4 Å².